The van der Waals surface area contributed by atoms with Gasteiger partial charge in [0.05, 0.1) is 10.5 Å². The molecule has 2 aromatic rings. The molecular formula is C13H9N3O3. The monoisotopic (exact) mass is 255 g/mol. The molecule has 0 fully saturated rings. The molecule has 0 aliphatic carbocycles. The Morgan fingerprint density at radius 1 is 1.37 bits per heavy atom. The van der Waals surface area contributed by atoms with E-state index in [2.05, 4.69) is 4.98 Å². The number of aryl methyl sites for hydroxylation is 1. The number of hydrogen-bond acceptors (Lipinski definition) is 5. The summed E-state index contributed by atoms with van der Waals surface area (Å²) in [5, 5.41) is 19.6. The minimum atomic E-state index is -0.508. The topological polar surface area (TPSA) is 89.0 Å². The summed E-state index contributed by atoms with van der Waals surface area (Å²) in [6.45, 7) is 1.71. The molecule has 0 saturated heterocycles. The SMILES string of the molecule is Cc1cccc([N+](=O)[O-])c1Oc1ccc(C#N)cn1. The van der Waals surface area contributed by atoms with Crippen LogP contribution >= 0.6 is 0 Å². The number of rotatable bonds is 3. The van der Waals surface area contributed by atoms with Crippen molar-refractivity contribution in [3.8, 4) is 17.7 Å². The van der Waals surface area contributed by atoms with Crippen LogP contribution in [0, 0.1) is 28.4 Å². The number of nitro groups is 1. The summed E-state index contributed by atoms with van der Waals surface area (Å²) in [6.07, 6.45) is 1.35. The maximum absolute atomic E-state index is 10.9. The highest BCUT2D eigenvalue weighted by Gasteiger charge is 2.18. The van der Waals surface area contributed by atoms with Gasteiger partial charge in [-0.3, -0.25) is 10.1 Å². The molecule has 94 valence electrons. The average molecular weight is 255 g/mol. The van der Waals surface area contributed by atoms with Crippen LogP contribution < -0.4 is 4.74 Å². The predicted octanol–water partition coefficient (Wildman–Crippen LogP) is 2.96. The summed E-state index contributed by atoms with van der Waals surface area (Å²) in [7, 11) is 0. The van der Waals surface area contributed by atoms with E-state index in [4.69, 9.17) is 10.00 Å². The fourth-order valence-corrected chi connectivity index (χ4v) is 1.52. The van der Waals surface area contributed by atoms with E-state index in [1.54, 1.807) is 19.1 Å². The first kappa shape index (κ1) is 12.5. The van der Waals surface area contributed by atoms with Gasteiger partial charge >= 0.3 is 5.69 Å². The van der Waals surface area contributed by atoms with Crippen LogP contribution in [-0.2, 0) is 0 Å². The first-order valence-electron chi connectivity index (χ1n) is 5.40. The summed E-state index contributed by atoms with van der Waals surface area (Å²) in [6, 6.07) is 9.63. The van der Waals surface area contributed by atoms with Gasteiger partial charge in [-0.25, -0.2) is 4.98 Å². The van der Waals surface area contributed by atoms with Crippen molar-refractivity contribution in [1.29, 1.82) is 5.26 Å². The Kier molecular flexibility index (Phi) is 3.39. The van der Waals surface area contributed by atoms with Crippen molar-refractivity contribution in [2.24, 2.45) is 0 Å². The highest BCUT2D eigenvalue weighted by molar-refractivity contribution is 5.52. The van der Waals surface area contributed by atoms with Crippen molar-refractivity contribution in [2.75, 3.05) is 0 Å². The van der Waals surface area contributed by atoms with Crippen LogP contribution in [0.15, 0.2) is 36.5 Å². The molecule has 1 aromatic carbocycles. The van der Waals surface area contributed by atoms with Crippen molar-refractivity contribution >= 4 is 5.69 Å². The fourth-order valence-electron chi connectivity index (χ4n) is 1.52. The number of aromatic nitrogens is 1. The van der Waals surface area contributed by atoms with Crippen LogP contribution in [0.2, 0.25) is 0 Å². The Balaban J connectivity index is 2.37. The van der Waals surface area contributed by atoms with Gasteiger partial charge in [-0.05, 0) is 18.6 Å². The fraction of sp³-hybridized carbons (Fsp3) is 0.0769. The molecule has 0 spiro atoms. The van der Waals surface area contributed by atoms with Crippen LogP contribution in [0.25, 0.3) is 0 Å². The molecule has 6 heteroatoms. The highest BCUT2D eigenvalue weighted by Crippen LogP contribution is 2.33. The number of para-hydroxylation sites is 1. The first-order valence-corrected chi connectivity index (χ1v) is 5.40. The third-order valence-corrected chi connectivity index (χ3v) is 2.46. The lowest BCUT2D eigenvalue weighted by atomic mass is 10.2. The third kappa shape index (κ3) is 2.66. The van der Waals surface area contributed by atoms with Crippen LogP contribution in [0.3, 0.4) is 0 Å². The molecule has 1 heterocycles. The van der Waals surface area contributed by atoms with E-state index in [0.29, 0.717) is 11.1 Å². The van der Waals surface area contributed by atoms with Crippen LogP contribution in [0.1, 0.15) is 11.1 Å². The van der Waals surface area contributed by atoms with Crippen molar-refractivity contribution in [3.63, 3.8) is 0 Å². The lowest BCUT2D eigenvalue weighted by molar-refractivity contribution is -0.385. The number of nitro benzene ring substituents is 1. The van der Waals surface area contributed by atoms with Gasteiger partial charge in [0.1, 0.15) is 6.07 Å². The molecular weight excluding hydrogens is 246 g/mol. The second kappa shape index (κ2) is 5.14. The maximum Gasteiger partial charge on any atom is 0.311 e. The van der Waals surface area contributed by atoms with E-state index in [0.717, 1.165) is 0 Å². The van der Waals surface area contributed by atoms with Crippen molar-refractivity contribution < 1.29 is 9.66 Å². The molecule has 0 unspecified atom stereocenters. The lowest BCUT2D eigenvalue weighted by Crippen LogP contribution is -1.96. The van der Waals surface area contributed by atoms with E-state index >= 15 is 0 Å². The average Bonchev–Trinajstić information content (AvgIpc) is 2.41. The molecule has 0 atom stereocenters. The van der Waals surface area contributed by atoms with E-state index in [1.165, 1.54) is 24.4 Å². The molecule has 0 amide bonds. The summed E-state index contributed by atoms with van der Waals surface area (Å²) < 4.78 is 5.44. The maximum atomic E-state index is 10.9. The number of ether oxygens (including phenoxy) is 1. The van der Waals surface area contributed by atoms with Gasteiger partial charge < -0.3 is 4.74 Å². The van der Waals surface area contributed by atoms with E-state index < -0.39 is 4.92 Å². The van der Waals surface area contributed by atoms with Crippen LogP contribution in [0.5, 0.6) is 11.6 Å². The quantitative estimate of drug-likeness (QED) is 0.621. The zero-order chi connectivity index (χ0) is 13.8. The number of nitrogens with zero attached hydrogens (tertiary/aromatic N) is 3. The van der Waals surface area contributed by atoms with Gasteiger partial charge in [0.25, 0.3) is 0 Å². The zero-order valence-corrected chi connectivity index (χ0v) is 10.0. The molecule has 0 saturated carbocycles. The number of hydrogen-bond donors (Lipinski definition) is 0. The number of nitriles is 1. The molecule has 2 rings (SSSR count). The largest absolute Gasteiger partial charge is 0.432 e. The predicted molar refractivity (Wildman–Crippen MR) is 66.9 cm³/mol. The Hall–Kier alpha value is -2.94. The third-order valence-electron chi connectivity index (χ3n) is 2.46. The summed E-state index contributed by atoms with van der Waals surface area (Å²) in [4.78, 5) is 14.3. The van der Waals surface area contributed by atoms with E-state index in [-0.39, 0.29) is 17.3 Å². The second-order valence-corrected chi connectivity index (χ2v) is 3.78. The summed E-state index contributed by atoms with van der Waals surface area (Å²) in [5.74, 6) is 0.362. The van der Waals surface area contributed by atoms with Crippen LogP contribution in [-0.4, -0.2) is 9.91 Å². The van der Waals surface area contributed by atoms with Gasteiger partial charge in [0, 0.05) is 18.3 Å². The molecule has 0 aliphatic rings. The standard InChI is InChI=1S/C13H9N3O3/c1-9-3-2-4-11(16(17)18)13(9)19-12-6-5-10(7-14)8-15-12/h2-6,8H,1H3. The summed E-state index contributed by atoms with van der Waals surface area (Å²) >= 11 is 0. The lowest BCUT2D eigenvalue weighted by Gasteiger charge is -2.07. The molecule has 0 radical (unpaired) electrons. The molecule has 0 N–H and O–H groups in total. The smallest absolute Gasteiger partial charge is 0.311 e. The molecule has 6 nitrogen and oxygen atoms in total. The van der Waals surface area contributed by atoms with Gasteiger partial charge in [0.15, 0.2) is 0 Å². The Labute approximate surface area is 109 Å². The molecule has 19 heavy (non-hydrogen) atoms. The summed E-state index contributed by atoms with van der Waals surface area (Å²) in [5.41, 5.74) is 0.915. The normalized spacial score (nSPS) is 9.68. The van der Waals surface area contributed by atoms with Crippen molar-refractivity contribution in [2.45, 2.75) is 6.92 Å². The Morgan fingerprint density at radius 3 is 2.74 bits per heavy atom. The molecule has 0 aliphatic heterocycles. The highest BCUT2D eigenvalue weighted by atomic mass is 16.6. The molecule has 0 bridgehead atoms. The number of benzene rings is 1. The van der Waals surface area contributed by atoms with Crippen LogP contribution in [0.4, 0.5) is 5.69 Å². The van der Waals surface area contributed by atoms with Crippen molar-refractivity contribution in [1.82, 2.24) is 4.98 Å². The van der Waals surface area contributed by atoms with Gasteiger partial charge in [-0.1, -0.05) is 12.1 Å². The Morgan fingerprint density at radius 2 is 2.16 bits per heavy atom. The minimum absolute atomic E-state index is 0.119. The van der Waals surface area contributed by atoms with E-state index in [9.17, 15) is 10.1 Å². The minimum Gasteiger partial charge on any atom is -0.432 e. The second-order valence-electron chi connectivity index (χ2n) is 3.78. The van der Waals surface area contributed by atoms with Gasteiger partial charge in [0.2, 0.25) is 11.6 Å². The van der Waals surface area contributed by atoms with E-state index in [1.807, 2.05) is 6.07 Å². The van der Waals surface area contributed by atoms with Gasteiger partial charge in [-0.15, -0.1) is 0 Å². The number of pyridine rings is 1. The Bertz CT molecular complexity index is 660. The zero-order valence-electron chi connectivity index (χ0n) is 10.0. The van der Waals surface area contributed by atoms with Crippen molar-refractivity contribution in [3.05, 3.63) is 57.8 Å². The first-order chi connectivity index (χ1) is 9.11. The van der Waals surface area contributed by atoms with Gasteiger partial charge in [-0.2, -0.15) is 5.26 Å². The molecule has 1 aromatic heterocycles.